The molecule has 0 atom stereocenters. The molecule has 0 aliphatic rings. The number of hydrogen-bond donors (Lipinski definition) is 0. The molecule has 0 unspecified atom stereocenters. The molecule has 21 heavy (non-hydrogen) atoms. The van der Waals surface area contributed by atoms with E-state index in [1.165, 1.54) is 12.1 Å². The Hall–Kier alpha value is -1.58. The molecule has 1 nitrogen and oxygen atoms in total. The molecule has 0 spiro atoms. The van der Waals surface area contributed by atoms with Crippen molar-refractivity contribution >= 4 is 38.3 Å². The summed E-state index contributed by atoms with van der Waals surface area (Å²) in [7, 11) is 0. The van der Waals surface area contributed by atoms with Crippen LogP contribution in [-0.4, -0.2) is 0 Å². The lowest BCUT2D eigenvalue weighted by Gasteiger charge is -2.08. The summed E-state index contributed by atoms with van der Waals surface area (Å²) in [5.41, 5.74) is 0.691. The first-order chi connectivity index (χ1) is 10.1. The molecule has 0 saturated heterocycles. The van der Waals surface area contributed by atoms with E-state index < -0.39 is 0 Å². The molecule has 3 rings (SSSR count). The van der Waals surface area contributed by atoms with Gasteiger partial charge >= 0.3 is 0 Å². The van der Waals surface area contributed by atoms with Crippen LogP contribution in [0, 0.1) is 5.82 Å². The molecule has 106 valence electrons. The van der Waals surface area contributed by atoms with Gasteiger partial charge in [0.05, 0.1) is 0 Å². The largest absolute Gasteiger partial charge is 0.457 e. The normalized spacial score (nSPS) is 10.8. The van der Waals surface area contributed by atoms with Gasteiger partial charge in [-0.3, -0.25) is 0 Å². The second-order valence-corrected chi connectivity index (χ2v) is 5.87. The van der Waals surface area contributed by atoms with E-state index in [9.17, 15) is 4.39 Å². The first kappa shape index (κ1) is 14.4. The molecule has 0 aliphatic carbocycles. The van der Waals surface area contributed by atoms with E-state index in [-0.39, 0.29) is 11.7 Å². The highest BCUT2D eigenvalue weighted by Gasteiger charge is 2.04. The molecule has 0 fully saturated rings. The summed E-state index contributed by atoms with van der Waals surface area (Å²) in [6, 6.07) is 16.3. The SMILES string of the molecule is Fc1cc(CCl)cc(Oc2ccc3cc(Br)ccc3c2)c1. The number of hydrogen-bond acceptors (Lipinski definition) is 1. The lowest BCUT2D eigenvalue weighted by Crippen LogP contribution is -1.88. The molecule has 0 N–H and O–H groups in total. The Morgan fingerprint density at radius 1 is 0.905 bits per heavy atom. The monoisotopic (exact) mass is 364 g/mol. The standard InChI is InChI=1S/C17H11BrClFO/c18-14-3-1-13-8-16(4-2-12(13)7-14)21-17-6-11(10-19)5-15(20)9-17/h1-9H,10H2. The summed E-state index contributed by atoms with van der Waals surface area (Å²) >= 11 is 9.18. The summed E-state index contributed by atoms with van der Waals surface area (Å²) < 4.78 is 20.2. The molecule has 0 aliphatic heterocycles. The van der Waals surface area contributed by atoms with Crippen LogP contribution in [0.15, 0.2) is 59.1 Å². The van der Waals surface area contributed by atoms with Gasteiger partial charge in [-0.2, -0.15) is 0 Å². The third-order valence-electron chi connectivity index (χ3n) is 3.09. The molecule has 0 bridgehead atoms. The fourth-order valence-corrected chi connectivity index (χ4v) is 2.68. The van der Waals surface area contributed by atoms with Crippen LogP contribution in [0.2, 0.25) is 0 Å². The highest BCUT2D eigenvalue weighted by molar-refractivity contribution is 9.10. The van der Waals surface area contributed by atoms with Gasteiger partial charge in [0.15, 0.2) is 0 Å². The van der Waals surface area contributed by atoms with E-state index in [1.807, 2.05) is 36.4 Å². The van der Waals surface area contributed by atoms with Crippen molar-refractivity contribution in [1.82, 2.24) is 0 Å². The summed E-state index contributed by atoms with van der Waals surface area (Å²) in [6.45, 7) is 0. The maximum absolute atomic E-state index is 13.5. The van der Waals surface area contributed by atoms with Crippen LogP contribution >= 0.6 is 27.5 Å². The molecule has 0 amide bonds. The van der Waals surface area contributed by atoms with E-state index in [1.54, 1.807) is 6.07 Å². The second-order valence-electron chi connectivity index (χ2n) is 4.68. The third kappa shape index (κ3) is 3.36. The molecule has 0 saturated carbocycles. The Bertz CT molecular complexity index is 804. The lowest BCUT2D eigenvalue weighted by molar-refractivity contribution is 0.477. The van der Waals surface area contributed by atoms with Crippen LogP contribution in [0.4, 0.5) is 4.39 Å². The van der Waals surface area contributed by atoms with Gasteiger partial charge in [-0.05, 0) is 52.7 Å². The number of alkyl halides is 1. The number of benzene rings is 3. The van der Waals surface area contributed by atoms with Crippen molar-refractivity contribution in [2.45, 2.75) is 5.88 Å². The van der Waals surface area contributed by atoms with Crippen molar-refractivity contribution in [3.8, 4) is 11.5 Å². The Morgan fingerprint density at radius 2 is 1.67 bits per heavy atom. The van der Waals surface area contributed by atoms with Gasteiger partial charge in [0.1, 0.15) is 17.3 Å². The first-order valence-corrected chi connectivity index (χ1v) is 7.69. The van der Waals surface area contributed by atoms with Crippen molar-refractivity contribution < 1.29 is 9.13 Å². The molecule has 3 aromatic carbocycles. The van der Waals surface area contributed by atoms with Gasteiger partial charge in [-0.15, -0.1) is 11.6 Å². The van der Waals surface area contributed by atoms with Crippen molar-refractivity contribution in [2.75, 3.05) is 0 Å². The third-order valence-corrected chi connectivity index (χ3v) is 3.90. The van der Waals surface area contributed by atoms with Crippen LogP contribution in [0.5, 0.6) is 11.5 Å². The molecule has 3 aromatic rings. The smallest absolute Gasteiger partial charge is 0.130 e. The summed E-state index contributed by atoms with van der Waals surface area (Å²) in [4.78, 5) is 0. The van der Waals surface area contributed by atoms with Crippen molar-refractivity contribution in [3.05, 3.63) is 70.5 Å². The van der Waals surface area contributed by atoms with Crippen LogP contribution in [0.25, 0.3) is 10.8 Å². The maximum atomic E-state index is 13.5. The predicted octanol–water partition coefficient (Wildman–Crippen LogP) is 6.27. The maximum Gasteiger partial charge on any atom is 0.130 e. The Morgan fingerprint density at radius 3 is 2.48 bits per heavy atom. The topological polar surface area (TPSA) is 9.23 Å². The zero-order valence-corrected chi connectivity index (χ0v) is 13.3. The second kappa shape index (κ2) is 6.04. The Labute approximate surface area is 135 Å². The molecule has 4 heteroatoms. The van der Waals surface area contributed by atoms with Gasteiger partial charge in [0.2, 0.25) is 0 Å². The van der Waals surface area contributed by atoms with Gasteiger partial charge in [0, 0.05) is 16.4 Å². The minimum absolute atomic E-state index is 0.250. The van der Waals surface area contributed by atoms with Gasteiger partial charge in [-0.1, -0.05) is 28.1 Å². The molecular formula is C17H11BrClFO. The van der Waals surface area contributed by atoms with Crippen molar-refractivity contribution in [1.29, 1.82) is 0 Å². The Kier molecular flexibility index (Phi) is 4.13. The van der Waals surface area contributed by atoms with E-state index in [0.29, 0.717) is 17.1 Å². The van der Waals surface area contributed by atoms with E-state index in [2.05, 4.69) is 15.9 Å². The summed E-state index contributed by atoms with van der Waals surface area (Å²) in [5.74, 6) is 1.01. The number of fused-ring (bicyclic) bond motifs is 1. The summed E-state index contributed by atoms with van der Waals surface area (Å²) in [5, 5.41) is 2.17. The van der Waals surface area contributed by atoms with Gasteiger partial charge in [-0.25, -0.2) is 4.39 Å². The molecule has 0 heterocycles. The average Bonchev–Trinajstić information content (AvgIpc) is 2.47. The van der Waals surface area contributed by atoms with E-state index in [4.69, 9.17) is 16.3 Å². The minimum atomic E-state index is -0.354. The lowest BCUT2D eigenvalue weighted by atomic mass is 10.1. The zero-order chi connectivity index (χ0) is 14.8. The van der Waals surface area contributed by atoms with Crippen molar-refractivity contribution in [3.63, 3.8) is 0 Å². The highest BCUT2D eigenvalue weighted by Crippen LogP contribution is 2.28. The quantitative estimate of drug-likeness (QED) is 0.497. The number of halogens is 3. The van der Waals surface area contributed by atoms with Crippen LogP contribution in [-0.2, 0) is 5.88 Å². The number of ether oxygens (including phenoxy) is 1. The fraction of sp³-hybridized carbons (Fsp3) is 0.0588. The first-order valence-electron chi connectivity index (χ1n) is 6.37. The van der Waals surface area contributed by atoms with Gasteiger partial charge < -0.3 is 4.74 Å². The highest BCUT2D eigenvalue weighted by atomic mass is 79.9. The predicted molar refractivity (Wildman–Crippen MR) is 87.7 cm³/mol. The zero-order valence-electron chi connectivity index (χ0n) is 10.9. The van der Waals surface area contributed by atoms with E-state index >= 15 is 0 Å². The van der Waals surface area contributed by atoms with Crippen LogP contribution in [0.3, 0.4) is 0 Å². The summed E-state index contributed by atoms with van der Waals surface area (Å²) in [6.07, 6.45) is 0. The fourth-order valence-electron chi connectivity index (χ4n) is 2.15. The van der Waals surface area contributed by atoms with E-state index in [0.717, 1.165) is 15.2 Å². The molecule has 0 radical (unpaired) electrons. The van der Waals surface area contributed by atoms with Crippen LogP contribution < -0.4 is 4.74 Å². The Balaban J connectivity index is 1.94. The number of rotatable bonds is 3. The van der Waals surface area contributed by atoms with Crippen molar-refractivity contribution in [2.24, 2.45) is 0 Å². The van der Waals surface area contributed by atoms with Gasteiger partial charge in [0.25, 0.3) is 0 Å². The minimum Gasteiger partial charge on any atom is -0.457 e. The van der Waals surface area contributed by atoms with Crippen LogP contribution in [0.1, 0.15) is 5.56 Å². The average molecular weight is 366 g/mol. The molecule has 0 aromatic heterocycles. The molecular weight excluding hydrogens is 355 g/mol.